The monoisotopic (exact) mass is 328 g/mol. The summed E-state index contributed by atoms with van der Waals surface area (Å²) in [6.45, 7) is 3.90. The molecule has 1 saturated heterocycles. The average molecular weight is 329 g/mol. The van der Waals surface area contributed by atoms with E-state index in [-0.39, 0.29) is 11.5 Å². The van der Waals surface area contributed by atoms with Crippen molar-refractivity contribution in [2.45, 2.75) is 19.3 Å². The first kappa shape index (κ1) is 14.5. The zero-order valence-electron chi connectivity index (χ0n) is 10.8. The van der Waals surface area contributed by atoms with E-state index in [2.05, 4.69) is 26.1 Å². The fourth-order valence-electron chi connectivity index (χ4n) is 2.31. The number of carbonyl (C=O) groups is 1. The van der Waals surface area contributed by atoms with E-state index < -0.39 is 5.82 Å². The lowest BCUT2D eigenvalue weighted by molar-refractivity contribution is 0.0947. The van der Waals surface area contributed by atoms with Crippen LogP contribution in [0.25, 0.3) is 0 Å². The lowest BCUT2D eigenvalue weighted by atomic mass is 10.2. The Bertz CT molecular complexity index is 427. The van der Waals surface area contributed by atoms with E-state index in [1.54, 1.807) is 12.1 Å². The maximum atomic E-state index is 13.6. The van der Waals surface area contributed by atoms with Crippen LogP contribution in [0.4, 0.5) is 4.39 Å². The molecular formula is C14H18BrFN2O. The summed E-state index contributed by atoms with van der Waals surface area (Å²) in [5, 5.41) is 2.77. The topological polar surface area (TPSA) is 32.3 Å². The minimum absolute atomic E-state index is 0.0867. The van der Waals surface area contributed by atoms with Crippen LogP contribution in [0.1, 0.15) is 29.6 Å². The zero-order valence-corrected chi connectivity index (χ0v) is 12.4. The first-order valence-corrected chi connectivity index (χ1v) is 7.42. The normalized spacial score (nSPS) is 15.7. The van der Waals surface area contributed by atoms with Crippen molar-refractivity contribution in [2.75, 3.05) is 26.2 Å². The summed E-state index contributed by atoms with van der Waals surface area (Å²) >= 11 is 3.20. The van der Waals surface area contributed by atoms with Gasteiger partial charge in [0.2, 0.25) is 0 Å². The van der Waals surface area contributed by atoms with Crippen molar-refractivity contribution in [3.05, 3.63) is 34.1 Å². The Balaban J connectivity index is 1.77. The summed E-state index contributed by atoms with van der Waals surface area (Å²) in [5.41, 5.74) is 0.0867. The van der Waals surface area contributed by atoms with Crippen molar-refractivity contribution in [3.8, 4) is 0 Å². The van der Waals surface area contributed by atoms with Crippen molar-refractivity contribution < 1.29 is 9.18 Å². The SMILES string of the molecule is O=C(NCCCN1CCCC1)c1c(F)cccc1Br. The molecule has 0 atom stereocenters. The minimum Gasteiger partial charge on any atom is -0.352 e. The van der Waals surface area contributed by atoms with Gasteiger partial charge in [-0.05, 0) is 67.0 Å². The van der Waals surface area contributed by atoms with Gasteiger partial charge in [-0.2, -0.15) is 0 Å². The standard InChI is InChI=1S/C14H18BrFN2O/c15-11-5-3-6-12(16)13(11)14(19)17-7-4-10-18-8-1-2-9-18/h3,5-6H,1-2,4,7-10H2,(H,17,19). The average Bonchev–Trinajstić information content (AvgIpc) is 2.87. The number of rotatable bonds is 5. The molecule has 2 rings (SSSR count). The molecule has 0 spiro atoms. The Morgan fingerprint density at radius 1 is 1.37 bits per heavy atom. The van der Waals surface area contributed by atoms with Crippen LogP contribution in [-0.4, -0.2) is 37.0 Å². The molecule has 1 aromatic rings. The molecule has 3 nitrogen and oxygen atoms in total. The Kier molecular flexibility index (Phi) is 5.34. The predicted octanol–water partition coefficient (Wildman–Crippen LogP) is 2.80. The predicted molar refractivity (Wildman–Crippen MR) is 76.7 cm³/mol. The molecule has 1 aliphatic rings. The molecule has 0 aliphatic carbocycles. The van der Waals surface area contributed by atoms with Crippen LogP contribution >= 0.6 is 15.9 Å². The molecule has 1 amide bonds. The molecule has 0 unspecified atom stereocenters. The van der Waals surface area contributed by atoms with Gasteiger partial charge in [-0.1, -0.05) is 6.07 Å². The third-order valence-corrected chi connectivity index (χ3v) is 3.99. The molecule has 0 radical (unpaired) electrons. The van der Waals surface area contributed by atoms with Crippen molar-refractivity contribution in [1.29, 1.82) is 0 Å². The summed E-state index contributed by atoms with van der Waals surface area (Å²) in [7, 11) is 0. The third kappa shape index (κ3) is 4.01. The van der Waals surface area contributed by atoms with Crippen LogP contribution < -0.4 is 5.32 Å². The van der Waals surface area contributed by atoms with Crippen LogP contribution in [0.2, 0.25) is 0 Å². The van der Waals surface area contributed by atoms with Crippen LogP contribution in [-0.2, 0) is 0 Å². The van der Waals surface area contributed by atoms with Crippen molar-refractivity contribution >= 4 is 21.8 Å². The Morgan fingerprint density at radius 3 is 2.79 bits per heavy atom. The van der Waals surface area contributed by atoms with E-state index in [0.29, 0.717) is 11.0 Å². The van der Waals surface area contributed by atoms with Gasteiger partial charge in [-0.15, -0.1) is 0 Å². The van der Waals surface area contributed by atoms with E-state index in [1.165, 1.54) is 18.9 Å². The maximum absolute atomic E-state index is 13.6. The molecule has 19 heavy (non-hydrogen) atoms. The lowest BCUT2D eigenvalue weighted by Crippen LogP contribution is -2.29. The molecule has 1 N–H and O–H groups in total. The van der Waals surface area contributed by atoms with Gasteiger partial charge in [-0.25, -0.2) is 4.39 Å². The molecule has 104 valence electrons. The number of benzene rings is 1. The number of nitrogens with zero attached hydrogens (tertiary/aromatic N) is 1. The highest BCUT2D eigenvalue weighted by atomic mass is 79.9. The number of hydrogen-bond donors (Lipinski definition) is 1. The number of amides is 1. The maximum Gasteiger partial charge on any atom is 0.255 e. The van der Waals surface area contributed by atoms with Crippen molar-refractivity contribution in [2.24, 2.45) is 0 Å². The highest BCUT2D eigenvalue weighted by Crippen LogP contribution is 2.19. The second-order valence-corrected chi connectivity index (χ2v) is 5.61. The smallest absolute Gasteiger partial charge is 0.255 e. The number of likely N-dealkylation sites (tertiary alicyclic amines) is 1. The molecule has 1 aromatic carbocycles. The van der Waals surface area contributed by atoms with Crippen LogP contribution in [0.15, 0.2) is 22.7 Å². The number of carbonyl (C=O) groups excluding carboxylic acids is 1. The summed E-state index contributed by atoms with van der Waals surface area (Å²) in [6, 6.07) is 4.54. The quantitative estimate of drug-likeness (QED) is 0.843. The first-order chi connectivity index (χ1) is 9.18. The minimum atomic E-state index is -0.494. The fourth-order valence-corrected chi connectivity index (χ4v) is 2.84. The largest absolute Gasteiger partial charge is 0.352 e. The first-order valence-electron chi connectivity index (χ1n) is 6.63. The number of hydrogen-bond acceptors (Lipinski definition) is 2. The van der Waals surface area contributed by atoms with E-state index >= 15 is 0 Å². The summed E-state index contributed by atoms with van der Waals surface area (Å²) < 4.78 is 14.0. The Morgan fingerprint density at radius 2 is 2.11 bits per heavy atom. The lowest BCUT2D eigenvalue weighted by Gasteiger charge is -2.14. The van der Waals surface area contributed by atoms with Gasteiger partial charge in [0.1, 0.15) is 5.82 Å². The zero-order chi connectivity index (χ0) is 13.7. The molecule has 5 heteroatoms. The summed E-state index contributed by atoms with van der Waals surface area (Å²) in [5.74, 6) is -0.849. The second kappa shape index (κ2) is 7.01. The van der Waals surface area contributed by atoms with Gasteiger partial charge >= 0.3 is 0 Å². The van der Waals surface area contributed by atoms with Gasteiger partial charge in [-0.3, -0.25) is 4.79 Å². The molecular weight excluding hydrogens is 311 g/mol. The van der Waals surface area contributed by atoms with E-state index in [0.717, 1.165) is 26.1 Å². The molecule has 1 heterocycles. The van der Waals surface area contributed by atoms with Crippen molar-refractivity contribution in [3.63, 3.8) is 0 Å². The Labute approximate surface area is 121 Å². The van der Waals surface area contributed by atoms with Crippen LogP contribution in [0, 0.1) is 5.82 Å². The van der Waals surface area contributed by atoms with E-state index in [9.17, 15) is 9.18 Å². The Hall–Kier alpha value is -0.940. The molecule has 0 bridgehead atoms. The molecule has 0 aromatic heterocycles. The number of nitrogens with one attached hydrogen (secondary N) is 1. The van der Waals surface area contributed by atoms with Gasteiger partial charge in [0.25, 0.3) is 5.91 Å². The summed E-state index contributed by atoms with van der Waals surface area (Å²) in [6.07, 6.45) is 3.45. The van der Waals surface area contributed by atoms with E-state index in [4.69, 9.17) is 0 Å². The number of halogens is 2. The van der Waals surface area contributed by atoms with Gasteiger partial charge in [0.05, 0.1) is 5.56 Å². The molecule has 1 aliphatic heterocycles. The molecule has 0 saturated carbocycles. The second-order valence-electron chi connectivity index (χ2n) is 4.75. The van der Waals surface area contributed by atoms with Crippen LogP contribution in [0.5, 0.6) is 0 Å². The van der Waals surface area contributed by atoms with Crippen LogP contribution in [0.3, 0.4) is 0 Å². The van der Waals surface area contributed by atoms with Crippen molar-refractivity contribution in [1.82, 2.24) is 10.2 Å². The van der Waals surface area contributed by atoms with E-state index in [1.807, 2.05) is 0 Å². The van der Waals surface area contributed by atoms with Gasteiger partial charge < -0.3 is 10.2 Å². The molecule has 1 fully saturated rings. The van der Waals surface area contributed by atoms with Gasteiger partial charge in [0.15, 0.2) is 0 Å². The fraction of sp³-hybridized carbons (Fsp3) is 0.500. The highest BCUT2D eigenvalue weighted by molar-refractivity contribution is 9.10. The van der Waals surface area contributed by atoms with Gasteiger partial charge in [0, 0.05) is 11.0 Å². The summed E-state index contributed by atoms with van der Waals surface area (Å²) in [4.78, 5) is 14.3. The third-order valence-electron chi connectivity index (χ3n) is 3.33. The highest BCUT2D eigenvalue weighted by Gasteiger charge is 2.15.